The molecule has 0 radical (unpaired) electrons. The Morgan fingerprint density at radius 2 is 2.14 bits per heavy atom. The SMILES string of the molecule is CCOC(=O)c1c(NC(=O)C2CCCC2)sc2c1CCOC2. The second-order valence-electron chi connectivity index (χ2n) is 5.70. The molecule has 2 aliphatic rings. The van der Waals surface area contributed by atoms with Gasteiger partial charge in [0.25, 0.3) is 0 Å². The van der Waals surface area contributed by atoms with Gasteiger partial charge in [-0.05, 0) is 31.7 Å². The minimum Gasteiger partial charge on any atom is -0.462 e. The van der Waals surface area contributed by atoms with Gasteiger partial charge in [0, 0.05) is 10.8 Å². The number of thiophene rings is 1. The molecular weight excluding hydrogens is 302 g/mol. The van der Waals surface area contributed by atoms with Gasteiger partial charge < -0.3 is 14.8 Å². The van der Waals surface area contributed by atoms with E-state index in [9.17, 15) is 9.59 Å². The maximum Gasteiger partial charge on any atom is 0.341 e. The van der Waals surface area contributed by atoms with Gasteiger partial charge in [-0.1, -0.05) is 12.8 Å². The van der Waals surface area contributed by atoms with Crippen molar-refractivity contribution in [2.24, 2.45) is 5.92 Å². The standard InChI is InChI=1S/C16H21NO4S/c1-2-21-16(19)13-11-7-8-20-9-12(11)22-15(13)17-14(18)10-5-3-4-6-10/h10H,2-9H2,1H3,(H,17,18). The Balaban J connectivity index is 1.86. The summed E-state index contributed by atoms with van der Waals surface area (Å²) < 4.78 is 10.6. The van der Waals surface area contributed by atoms with Crippen LogP contribution in [0.5, 0.6) is 0 Å². The smallest absolute Gasteiger partial charge is 0.341 e. The van der Waals surface area contributed by atoms with Crippen LogP contribution in [0.2, 0.25) is 0 Å². The van der Waals surface area contributed by atoms with Crippen molar-refractivity contribution in [3.8, 4) is 0 Å². The third kappa shape index (κ3) is 3.03. The lowest BCUT2D eigenvalue weighted by Crippen LogP contribution is -2.21. The largest absolute Gasteiger partial charge is 0.462 e. The van der Waals surface area contributed by atoms with E-state index in [1.54, 1.807) is 6.92 Å². The van der Waals surface area contributed by atoms with E-state index in [4.69, 9.17) is 9.47 Å². The Bertz CT molecular complexity index is 575. The van der Waals surface area contributed by atoms with Crippen LogP contribution in [0.1, 0.15) is 53.4 Å². The third-order valence-corrected chi connectivity index (χ3v) is 5.38. The molecule has 1 aromatic rings. The summed E-state index contributed by atoms with van der Waals surface area (Å²) in [7, 11) is 0. The van der Waals surface area contributed by atoms with Crippen LogP contribution in [0.15, 0.2) is 0 Å². The molecule has 1 N–H and O–H groups in total. The number of esters is 1. The maximum absolute atomic E-state index is 12.4. The van der Waals surface area contributed by atoms with Crippen LogP contribution in [0, 0.1) is 5.92 Å². The Morgan fingerprint density at radius 3 is 2.86 bits per heavy atom. The van der Waals surface area contributed by atoms with Crippen molar-refractivity contribution in [1.82, 2.24) is 0 Å². The molecule has 1 aromatic heterocycles. The molecule has 1 saturated carbocycles. The average Bonchev–Trinajstić information content (AvgIpc) is 3.14. The molecule has 2 heterocycles. The molecule has 0 spiro atoms. The van der Waals surface area contributed by atoms with Gasteiger partial charge in [0.05, 0.1) is 25.4 Å². The number of amides is 1. The van der Waals surface area contributed by atoms with Gasteiger partial charge in [0.2, 0.25) is 5.91 Å². The summed E-state index contributed by atoms with van der Waals surface area (Å²) in [6.07, 6.45) is 4.79. The summed E-state index contributed by atoms with van der Waals surface area (Å²) in [5.41, 5.74) is 1.52. The van der Waals surface area contributed by atoms with Gasteiger partial charge in [0.15, 0.2) is 0 Å². The maximum atomic E-state index is 12.4. The lowest BCUT2D eigenvalue weighted by molar-refractivity contribution is -0.119. The highest BCUT2D eigenvalue weighted by Gasteiger charge is 2.29. The fourth-order valence-corrected chi connectivity index (χ4v) is 4.32. The van der Waals surface area contributed by atoms with E-state index in [0.29, 0.717) is 36.8 Å². The highest BCUT2D eigenvalue weighted by molar-refractivity contribution is 7.17. The zero-order chi connectivity index (χ0) is 15.5. The molecule has 22 heavy (non-hydrogen) atoms. The molecule has 6 heteroatoms. The number of hydrogen-bond donors (Lipinski definition) is 1. The van der Waals surface area contributed by atoms with Crippen LogP contribution >= 0.6 is 11.3 Å². The molecule has 1 fully saturated rings. The van der Waals surface area contributed by atoms with E-state index < -0.39 is 0 Å². The van der Waals surface area contributed by atoms with Crippen molar-refractivity contribution in [2.75, 3.05) is 18.5 Å². The molecule has 0 saturated heterocycles. The number of carbonyl (C=O) groups is 2. The number of rotatable bonds is 4. The molecular formula is C16H21NO4S. The minimum atomic E-state index is -0.344. The molecule has 5 nitrogen and oxygen atoms in total. The van der Waals surface area contributed by atoms with Gasteiger partial charge in [0.1, 0.15) is 5.00 Å². The van der Waals surface area contributed by atoms with Crippen molar-refractivity contribution in [3.05, 3.63) is 16.0 Å². The van der Waals surface area contributed by atoms with E-state index in [0.717, 1.165) is 36.1 Å². The first-order chi connectivity index (χ1) is 10.7. The van der Waals surface area contributed by atoms with E-state index >= 15 is 0 Å². The number of nitrogens with one attached hydrogen (secondary N) is 1. The summed E-state index contributed by atoms with van der Waals surface area (Å²) >= 11 is 1.45. The van der Waals surface area contributed by atoms with Crippen LogP contribution in [-0.4, -0.2) is 25.1 Å². The molecule has 1 amide bonds. The highest BCUT2D eigenvalue weighted by Crippen LogP contribution is 2.38. The summed E-state index contributed by atoms with van der Waals surface area (Å²) in [5, 5.41) is 3.60. The van der Waals surface area contributed by atoms with E-state index in [-0.39, 0.29) is 17.8 Å². The Kier molecular flexibility index (Phi) is 4.78. The molecule has 1 aliphatic heterocycles. The van der Waals surface area contributed by atoms with Crippen LogP contribution in [0.25, 0.3) is 0 Å². The predicted octanol–water partition coefficient (Wildman–Crippen LogP) is 3.13. The molecule has 3 rings (SSSR count). The fraction of sp³-hybridized carbons (Fsp3) is 0.625. The predicted molar refractivity (Wildman–Crippen MR) is 84.2 cm³/mol. The molecule has 0 unspecified atom stereocenters. The number of hydrogen-bond acceptors (Lipinski definition) is 5. The monoisotopic (exact) mass is 323 g/mol. The third-order valence-electron chi connectivity index (χ3n) is 4.26. The lowest BCUT2D eigenvalue weighted by Gasteiger charge is -2.13. The first-order valence-electron chi connectivity index (χ1n) is 7.91. The fourth-order valence-electron chi connectivity index (χ4n) is 3.14. The van der Waals surface area contributed by atoms with Crippen LogP contribution < -0.4 is 5.32 Å². The van der Waals surface area contributed by atoms with Crippen molar-refractivity contribution < 1.29 is 19.1 Å². The number of carbonyl (C=O) groups excluding carboxylic acids is 2. The Morgan fingerprint density at radius 1 is 1.36 bits per heavy atom. The van der Waals surface area contributed by atoms with Crippen molar-refractivity contribution in [3.63, 3.8) is 0 Å². The van der Waals surface area contributed by atoms with Crippen LogP contribution in [-0.2, 0) is 27.3 Å². The van der Waals surface area contributed by atoms with Crippen molar-refractivity contribution in [1.29, 1.82) is 0 Å². The first-order valence-corrected chi connectivity index (χ1v) is 8.72. The normalized spacial score (nSPS) is 18.0. The molecule has 0 aromatic carbocycles. The number of ether oxygens (including phenoxy) is 2. The van der Waals surface area contributed by atoms with E-state index in [1.807, 2.05) is 0 Å². The van der Waals surface area contributed by atoms with E-state index in [2.05, 4.69) is 5.32 Å². The summed E-state index contributed by atoms with van der Waals surface area (Å²) in [6, 6.07) is 0. The van der Waals surface area contributed by atoms with Gasteiger partial charge in [-0.3, -0.25) is 4.79 Å². The van der Waals surface area contributed by atoms with Gasteiger partial charge in [-0.2, -0.15) is 0 Å². The lowest BCUT2D eigenvalue weighted by atomic mass is 10.0. The Hall–Kier alpha value is -1.40. The second kappa shape index (κ2) is 6.79. The van der Waals surface area contributed by atoms with Crippen molar-refractivity contribution >= 4 is 28.2 Å². The van der Waals surface area contributed by atoms with E-state index in [1.165, 1.54) is 11.3 Å². The van der Waals surface area contributed by atoms with Crippen LogP contribution in [0.3, 0.4) is 0 Å². The van der Waals surface area contributed by atoms with Crippen molar-refractivity contribution in [2.45, 2.75) is 45.6 Å². The van der Waals surface area contributed by atoms with Crippen LogP contribution in [0.4, 0.5) is 5.00 Å². The highest BCUT2D eigenvalue weighted by atomic mass is 32.1. The quantitative estimate of drug-likeness (QED) is 0.865. The number of anilines is 1. The molecule has 1 aliphatic carbocycles. The summed E-state index contributed by atoms with van der Waals surface area (Å²) in [4.78, 5) is 25.7. The second-order valence-corrected chi connectivity index (χ2v) is 6.81. The van der Waals surface area contributed by atoms with Gasteiger partial charge in [-0.25, -0.2) is 4.79 Å². The van der Waals surface area contributed by atoms with Gasteiger partial charge >= 0.3 is 5.97 Å². The zero-order valence-corrected chi connectivity index (χ0v) is 13.6. The summed E-state index contributed by atoms with van der Waals surface area (Å²) in [6.45, 7) is 3.23. The number of fused-ring (bicyclic) bond motifs is 1. The zero-order valence-electron chi connectivity index (χ0n) is 12.8. The summed E-state index contributed by atoms with van der Waals surface area (Å²) in [5.74, 6) is -0.239. The first kappa shape index (κ1) is 15.5. The average molecular weight is 323 g/mol. The molecule has 0 atom stereocenters. The minimum absolute atomic E-state index is 0.0302. The topological polar surface area (TPSA) is 64.6 Å². The molecule has 0 bridgehead atoms. The molecule has 120 valence electrons. The Labute approximate surface area is 134 Å². The van der Waals surface area contributed by atoms with Gasteiger partial charge in [-0.15, -0.1) is 11.3 Å².